The van der Waals surface area contributed by atoms with E-state index in [1.165, 1.54) is 5.56 Å². The molecule has 3 N–H and O–H groups in total. The third-order valence-electron chi connectivity index (χ3n) is 2.64. The van der Waals surface area contributed by atoms with Gasteiger partial charge < -0.3 is 10.8 Å². The van der Waals surface area contributed by atoms with Gasteiger partial charge in [0, 0.05) is 23.4 Å². The topological polar surface area (TPSA) is 59.1 Å². The maximum absolute atomic E-state index is 8.92. The molecule has 1 heterocycles. The van der Waals surface area contributed by atoms with Crippen molar-refractivity contribution in [1.82, 2.24) is 4.98 Å². The van der Waals surface area contributed by atoms with Crippen LogP contribution in [0, 0.1) is 6.92 Å². The first-order chi connectivity index (χ1) is 8.20. The molecule has 0 spiro atoms. The standard InChI is InChI=1S/C13H16N2OS/c1-9-4-2-3-5-11(9)12-8-17-13(15-12)6-10(14)7-16/h2-5,8,10,16H,6-7,14H2,1H3. The molecule has 1 atom stereocenters. The number of thiazole rings is 1. The number of aliphatic hydroxyl groups is 1. The highest BCUT2D eigenvalue weighted by Gasteiger charge is 2.09. The van der Waals surface area contributed by atoms with Gasteiger partial charge >= 0.3 is 0 Å². The summed E-state index contributed by atoms with van der Waals surface area (Å²) in [5.74, 6) is 0. The van der Waals surface area contributed by atoms with Crippen LogP contribution >= 0.6 is 11.3 Å². The highest BCUT2D eigenvalue weighted by atomic mass is 32.1. The third kappa shape index (κ3) is 2.91. The van der Waals surface area contributed by atoms with Crippen LogP contribution in [0.5, 0.6) is 0 Å². The maximum atomic E-state index is 8.92. The summed E-state index contributed by atoms with van der Waals surface area (Å²) in [6.45, 7) is 2.08. The summed E-state index contributed by atoms with van der Waals surface area (Å²) in [5.41, 5.74) is 9.07. The molecule has 2 rings (SSSR count). The van der Waals surface area contributed by atoms with Crippen molar-refractivity contribution in [2.24, 2.45) is 5.73 Å². The predicted molar refractivity (Wildman–Crippen MR) is 71.1 cm³/mol. The van der Waals surface area contributed by atoms with Gasteiger partial charge in [-0.1, -0.05) is 24.3 Å². The number of hydrogen-bond acceptors (Lipinski definition) is 4. The van der Waals surface area contributed by atoms with Crippen LogP contribution in [-0.4, -0.2) is 22.7 Å². The Bertz CT molecular complexity index is 496. The lowest BCUT2D eigenvalue weighted by Crippen LogP contribution is -2.26. The van der Waals surface area contributed by atoms with Crippen LogP contribution in [0.1, 0.15) is 10.6 Å². The van der Waals surface area contributed by atoms with Crippen molar-refractivity contribution in [1.29, 1.82) is 0 Å². The van der Waals surface area contributed by atoms with E-state index >= 15 is 0 Å². The first-order valence-electron chi connectivity index (χ1n) is 5.57. The number of rotatable bonds is 4. The monoisotopic (exact) mass is 248 g/mol. The van der Waals surface area contributed by atoms with Crippen molar-refractivity contribution in [3.05, 3.63) is 40.2 Å². The largest absolute Gasteiger partial charge is 0.395 e. The molecule has 0 fully saturated rings. The van der Waals surface area contributed by atoms with E-state index in [1.54, 1.807) is 11.3 Å². The summed E-state index contributed by atoms with van der Waals surface area (Å²) in [6.07, 6.45) is 0.632. The van der Waals surface area contributed by atoms with Crippen LogP contribution in [0.2, 0.25) is 0 Å². The zero-order valence-electron chi connectivity index (χ0n) is 9.76. The average Bonchev–Trinajstić information content (AvgIpc) is 2.78. The molecular formula is C13H16N2OS. The molecule has 1 aromatic heterocycles. The van der Waals surface area contributed by atoms with Gasteiger partial charge in [-0.05, 0) is 12.5 Å². The Morgan fingerprint density at radius 1 is 1.41 bits per heavy atom. The molecule has 0 aliphatic rings. The van der Waals surface area contributed by atoms with Crippen molar-refractivity contribution in [3.8, 4) is 11.3 Å². The van der Waals surface area contributed by atoms with E-state index in [2.05, 4.69) is 24.0 Å². The molecule has 0 radical (unpaired) electrons. The lowest BCUT2D eigenvalue weighted by atomic mass is 10.1. The number of aromatic nitrogens is 1. The molecular weight excluding hydrogens is 232 g/mol. The van der Waals surface area contributed by atoms with Gasteiger partial charge in [-0.3, -0.25) is 0 Å². The zero-order chi connectivity index (χ0) is 12.3. The van der Waals surface area contributed by atoms with Crippen molar-refractivity contribution in [3.63, 3.8) is 0 Å². The second-order valence-electron chi connectivity index (χ2n) is 4.09. The molecule has 3 nitrogen and oxygen atoms in total. The van der Waals surface area contributed by atoms with Crippen molar-refractivity contribution in [2.45, 2.75) is 19.4 Å². The van der Waals surface area contributed by atoms with Gasteiger partial charge in [-0.2, -0.15) is 0 Å². The summed E-state index contributed by atoms with van der Waals surface area (Å²) in [4.78, 5) is 4.56. The van der Waals surface area contributed by atoms with Gasteiger partial charge in [-0.25, -0.2) is 4.98 Å². The number of aliphatic hydroxyl groups excluding tert-OH is 1. The number of benzene rings is 1. The lowest BCUT2D eigenvalue weighted by Gasteiger charge is -2.04. The quantitative estimate of drug-likeness (QED) is 0.870. The molecule has 17 heavy (non-hydrogen) atoms. The molecule has 2 aromatic rings. The molecule has 0 aliphatic carbocycles. The smallest absolute Gasteiger partial charge is 0.0948 e. The predicted octanol–water partition coefficient (Wildman–Crippen LogP) is 1.98. The normalized spacial score (nSPS) is 12.6. The summed E-state index contributed by atoms with van der Waals surface area (Å²) in [6, 6.07) is 7.97. The SMILES string of the molecule is Cc1ccccc1-c1csc(CC(N)CO)n1. The fourth-order valence-corrected chi connectivity index (χ4v) is 2.57. The Morgan fingerprint density at radius 3 is 2.88 bits per heavy atom. The van der Waals surface area contributed by atoms with E-state index in [0.717, 1.165) is 16.3 Å². The average molecular weight is 248 g/mol. The first-order valence-corrected chi connectivity index (χ1v) is 6.45. The fraction of sp³-hybridized carbons (Fsp3) is 0.308. The summed E-state index contributed by atoms with van der Waals surface area (Å²) >= 11 is 1.59. The third-order valence-corrected chi connectivity index (χ3v) is 3.52. The van der Waals surface area contributed by atoms with E-state index < -0.39 is 0 Å². The minimum atomic E-state index is -0.217. The van der Waals surface area contributed by atoms with Crippen LogP contribution in [0.4, 0.5) is 0 Å². The number of aryl methyl sites for hydroxylation is 1. The Hall–Kier alpha value is -1.23. The zero-order valence-corrected chi connectivity index (χ0v) is 10.6. The van der Waals surface area contributed by atoms with Crippen LogP contribution in [-0.2, 0) is 6.42 Å². The van der Waals surface area contributed by atoms with Gasteiger partial charge in [-0.15, -0.1) is 11.3 Å². The van der Waals surface area contributed by atoms with Crippen molar-refractivity contribution in [2.75, 3.05) is 6.61 Å². The van der Waals surface area contributed by atoms with E-state index in [4.69, 9.17) is 10.8 Å². The Balaban J connectivity index is 2.21. The highest BCUT2D eigenvalue weighted by Crippen LogP contribution is 2.25. The Kier molecular flexibility index (Phi) is 3.89. The number of hydrogen-bond donors (Lipinski definition) is 2. The maximum Gasteiger partial charge on any atom is 0.0948 e. The Labute approximate surface area is 105 Å². The van der Waals surface area contributed by atoms with Crippen molar-refractivity contribution < 1.29 is 5.11 Å². The molecule has 1 unspecified atom stereocenters. The lowest BCUT2D eigenvalue weighted by molar-refractivity contribution is 0.265. The molecule has 0 saturated heterocycles. The minimum absolute atomic E-state index is 0.000716. The van der Waals surface area contributed by atoms with Crippen LogP contribution in [0.15, 0.2) is 29.6 Å². The minimum Gasteiger partial charge on any atom is -0.395 e. The van der Waals surface area contributed by atoms with Gasteiger partial charge in [0.15, 0.2) is 0 Å². The summed E-state index contributed by atoms with van der Waals surface area (Å²) in [5, 5.41) is 11.9. The Morgan fingerprint density at radius 2 is 2.18 bits per heavy atom. The number of nitrogens with zero attached hydrogens (tertiary/aromatic N) is 1. The summed E-state index contributed by atoms with van der Waals surface area (Å²) in [7, 11) is 0. The molecule has 4 heteroatoms. The van der Waals surface area contributed by atoms with Gasteiger partial charge in [0.2, 0.25) is 0 Å². The molecule has 90 valence electrons. The van der Waals surface area contributed by atoms with E-state index in [0.29, 0.717) is 6.42 Å². The molecule has 0 saturated carbocycles. The van der Waals surface area contributed by atoms with E-state index in [-0.39, 0.29) is 12.6 Å². The van der Waals surface area contributed by atoms with Crippen LogP contribution in [0.3, 0.4) is 0 Å². The molecule has 0 bridgehead atoms. The van der Waals surface area contributed by atoms with Gasteiger partial charge in [0.05, 0.1) is 17.3 Å². The molecule has 1 aromatic carbocycles. The first kappa shape index (κ1) is 12.2. The molecule has 0 amide bonds. The second-order valence-corrected chi connectivity index (χ2v) is 5.03. The molecule has 0 aliphatic heterocycles. The number of nitrogens with two attached hydrogens (primary N) is 1. The fourth-order valence-electron chi connectivity index (χ4n) is 1.68. The second kappa shape index (κ2) is 5.40. The van der Waals surface area contributed by atoms with Gasteiger partial charge in [0.1, 0.15) is 0 Å². The highest BCUT2D eigenvalue weighted by molar-refractivity contribution is 7.09. The van der Waals surface area contributed by atoms with Gasteiger partial charge in [0.25, 0.3) is 0 Å². The van der Waals surface area contributed by atoms with Crippen LogP contribution in [0.25, 0.3) is 11.3 Å². The van der Waals surface area contributed by atoms with E-state index in [9.17, 15) is 0 Å². The van der Waals surface area contributed by atoms with E-state index in [1.807, 2.05) is 17.5 Å². The summed E-state index contributed by atoms with van der Waals surface area (Å²) < 4.78 is 0. The van der Waals surface area contributed by atoms with Crippen LogP contribution < -0.4 is 5.73 Å². The van der Waals surface area contributed by atoms with Crippen molar-refractivity contribution >= 4 is 11.3 Å².